The SMILES string of the molecule is CC1CC2CC(C)(C(=O)NC3CCNCC3)CC(c3ccc([N+](=O)[O-])cc3)(C1)C2. The third kappa shape index (κ3) is 4.04. The molecule has 2 bridgehead atoms. The highest BCUT2D eigenvalue weighted by Gasteiger charge is 2.53. The predicted molar refractivity (Wildman–Crippen MR) is 113 cm³/mol. The molecule has 158 valence electrons. The van der Waals surface area contributed by atoms with E-state index in [-0.39, 0.29) is 33.4 Å². The molecular formula is C23H33N3O3. The van der Waals surface area contributed by atoms with Crippen molar-refractivity contribution < 1.29 is 9.72 Å². The molecule has 3 aliphatic rings. The van der Waals surface area contributed by atoms with Crippen LogP contribution < -0.4 is 10.6 Å². The zero-order valence-corrected chi connectivity index (χ0v) is 17.6. The monoisotopic (exact) mass is 399 g/mol. The van der Waals surface area contributed by atoms with Crippen LogP contribution in [0.25, 0.3) is 0 Å². The summed E-state index contributed by atoms with van der Waals surface area (Å²) in [5.41, 5.74) is 0.860. The van der Waals surface area contributed by atoms with Gasteiger partial charge in [-0.05, 0) is 80.8 Å². The molecule has 6 nitrogen and oxygen atoms in total. The number of rotatable bonds is 4. The summed E-state index contributed by atoms with van der Waals surface area (Å²) in [6.45, 7) is 6.39. The van der Waals surface area contributed by atoms with Crippen molar-refractivity contribution in [2.75, 3.05) is 13.1 Å². The molecule has 0 radical (unpaired) electrons. The van der Waals surface area contributed by atoms with Gasteiger partial charge in [0.05, 0.1) is 4.92 Å². The van der Waals surface area contributed by atoms with Crippen LogP contribution in [0.2, 0.25) is 0 Å². The van der Waals surface area contributed by atoms with E-state index in [0.717, 1.165) is 51.6 Å². The van der Waals surface area contributed by atoms with E-state index in [1.807, 2.05) is 12.1 Å². The van der Waals surface area contributed by atoms with E-state index in [1.54, 1.807) is 12.1 Å². The number of carbonyl (C=O) groups is 1. The zero-order valence-electron chi connectivity index (χ0n) is 17.6. The lowest BCUT2D eigenvalue weighted by Crippen LogP contribution is -2.54. The van der Waals surface area contributed by atoms with Crippen LogP contribution in [-0.2, 0) is 10.2 Å². The largest absolute Gasteiger partial charge is 0.353 e. The van der Waals surface area contributed by atoms with E-state index < -0.39 is 0 Å². The summed E-state index contributed by atoms with van der Waals surface area (Å²) in [5, 5.41) is 17.8. The number of hydrogen-bond donors (Lipinski definition) is 2. The van der Waals surface area contributed by atoms with Crippen LogP contribution in [0, 0.1) is 27.4 Å². The highest BCUT2D eigenvalue weighted by molar-refractivity contribution is 5.83. The number of hydrogen-bond acceptors (Lipinski definition) is 4. The number of carbonyl (C=O) groups excluding carboxylic acids is 1. The van der Waals surface area contributed by atoms with Crippen molar-refractivity contribution in [3.63, 3.8) is 0 Å². The minimum absolute atomic E-state index is 0.0596. The molecule has 3 fully saturated rings. The summed E-state index contributed by atoms with van der Waals surface area (Å²) in [4.78, 5) is 24.1. The van der Waals surface area contributed by atoms with Gasteiger partial charge in [-0.15, -0.1) is 0 Å². The zero-order chi connectivity index (χ0) is 20.6. The molecule has 4 rings (SSSR count). The number of nitro benzene ring substituents is 1. The van der Waals surface area contributed by atoms with Crippen molar-refractivity contribution in [1.82, 2.24) is 10.6 Å². The van der Waals surface area contributed by atoms with Gasteiger partial charge >= 0.3 is 0 Å². The van der Waals surface area contributed by atoms with Crippen molar-refractivity contribution in [2.45, 2.75) is 70.3 Å². The molecule has 1 saturated heterocycles. The predicted octanol–water partition coefficient (Wildman–Crippen LogP) is 3.94. The first kappa shape index (κ1) is 20.3. The van der Waals surface area contributed by atoms with E-state index in [4.69, 9.17) is 0 Å². The Morgan fingerprint density at radius 3 is 2.52 bits per heavy atom. The smallest absolute Gasteiger partial charge is 0.269 e. The van der Waals surface area contributed by atoms with Gasteiger partial charge in [0.1, 0.15) is 0 Å². The lowest BCUT2D eigenvalue weighted by molar-refractivity contribution is -0.384. The van der Waals surface area contributed by atoms with E-state index in [0.29, 0.717) is 11.8 Å². The molecule has 1 amide bonds. The third-order valence-corrected chi connectivity index (χ3v) is 7.54. The van der Waals surface area contributed by atoms with Crippen molar-refractivity contribution >= 4 is 11.6 Å². The van der Waals surface area contributed by atoms with Gasteiger partial charge < -0.3 is 10.6 Å². The highest BCUT2D eigenvalue weighted by atomic mass is 16.6. The van der Waals surface area contributed by atoms with Gasteiger partial charge in [0, 0.05) is 23.6 Å². The summed E-state index contributed by atoms with van der Waals surface area (Å²) in [5.74, 6) is 1.35. The van der Waals surface area contributed by atoms with Gasteiger partial charge in [0.25, 0.3) is 5.69 Å². The lowest BCUT2D eigenvalue weighted by Gasteiger charge is -2.54. The van der Waals surface area contributed by atoms with Gasteiger partial charge in [-0.2, -0.15) is 0 Å². The minimum atomic E-state index is -0.379. The van der Waals surface area contributed by atoms with Crippen LogP contribution >= 0.6 is 0 Å². The number of piperidine rings is 1. The van der Waals surface area contributed by atoms with Gasteiger partial charge in [-0.3, -0.25) is 14.9 Å². The fourth-order valence-electron chi connectivity index (χ4n) is 6.57. The Morgan fingerprint density at radius 1 is 1.17 bits per heavy atom. The Bertz CT molecular complexity index is 770. The number of amides is 1. The highest BCUT2D eigenvalue weighted by Crippen LogP contribution is 2.58. The number of nitro groups is 1. The van der Waals surface area contributed by atoms with E-state index in [1.165, 1.54) is 12.0 Å². The first-order valence-corrected chi connectivity index (χ1v) is 11.1. The van der Waals surface area contributed by atoms with Crippen molar-refractivity contribution in [3.8, 4) is 0 Å². The molecule has 1 heterocycles. The van der Waals surface area contributed by atoms with Crippen LogP contribution in [0.15, 0.2) is 24.3 Å². The van der Waals surface area contributed by atoms with Crippen molar-refractivity contribution in [1.29, 1.82) is 0 Å². The normalized spacial score (nSPS) is 35.1. The summed E-state index contributed by atoms with van der Waals surface area (Å²) < 4.78 is 0. The van der Waals surface area contributed by atoms with Crippen LogP contribution in [0.4, 0.5) is 5.69 Å². The van der Waals surface area contributed by atoms with Crippen molar-refractivity contribution in [3.05, 3.63) is 39.9 Å². The molecular weight excluding hydrogens is 366 g/mol. The molecule has 0 spiro atoms. The van der Waals surface area contributed by atoms with Crippen LogP contribution in [-0.4, -0.2) is 30.0 Å². The van der Waals surface area contributed by atoms with Crippen LogP contribution in [0.3, 0.4) is 0 Å². The number of benzene rings is 1. The summed E-state index contributed by atoms with van der Waals surface area (Å²) >= 11 is 0. The Morgan fingerprint density at radius 2 is 1.86 bits per heavy atom. The average molecular weight is 400 g/mol. The van der Waals surface area contributed by atoms with E-state index in [2.05, 4.69) is 24.5 Å². The van der Waals surface area contributed by atoms with Crippen LogP contribution in [0.1, 0.15) is 64.4 Å². The molecule has 1 aromatic carbocycles. The topological polar surface area (TPSA) is 84.3 Å². The summed E-state index contributed by atoms with van der Waals surface area (Å²) in [6.07, 6.45) is 7.08. The molecule has 2 aliphatic carbocycles. The summed E-state index contributed by atoms with van der Waals surface area (Å²) in [6, 6.07) is 7.39. The maximum Gasteiger partial charge on any atom is 0.269 e. The maximum absolute atomic E-state index is 13.4. The van der Waals surface area contributed by atoms with Gasteiger partial charge in [-0.1, -0.05) is 26.0 Å². The Hall–Kier alpha value is -1.95. The summed E-state index contributed by atoms with van der Waals surface area (Å²) in [7, 11) is 0. The van der Waals surface area contributed by atoms with Gasteiger partial charge in [0.2, 0.25) is 5.91 Å². The molecule has 0 aromatic heterocycles. The van der Waals surface area contributed by atoms with E-state index in [9.17, 15) is 14.9 Å². The molecule has 2 saturated carbocycles. The molecule has 1 aromatic rings. The van der Waals surface area contributed by atoms with Gasteiger partial charge in [-0.25, -0.2) is 0 Å². The molecule has 4 unspecified atom stereocenters. The molecule has 29 heavy (non-hydrogen) atoms. The second-order valence-corrected chi connectivity index (χ2v) is 10.1. The molecule has 4 atom stereocenters. The number of fused-ring (bicyclic) bond motifs is 2. The fraction of sp³-hybridized carbons (Fsp3) is 0.696. The van der Waals surface area contributed by atoms with Gasteiger partial charge in [0.15, 0.2) is 0 Å². The molecule has 6 heteroatoms. The Balaban J connectivity index is 1.60. The maximum atomic E-state index is 13.4. The minimum Gasteiger partial charge on any atom is -0.353 e. The molecule has 1 aliphatic heterocycles. The number of non-ortho nitro benzene ring substituents is 1. The standard InChI is InChI=1S/C23H33N3O3/c1-16-11-17-13-22(2,21(27)25-19-7-9-24-10-8-19)15-23(12-16,14-17)18-3-5-20(6-4-18)26(28)29/h3-6,16-17,19,24H,7-15H2,1-2H3,(H,25,27). The quantitative estimate of drug-likeness (QED) is 0.593. The Labute approximate surface area is 173 Å². The first-order valence-electron chi connectivity index (χ1n) is 11.1. The average Bonchev–Trinajstić information content (AvgIpc) is 2.67. The second-order valence-electron chi connectivity index (χ2n) is 10.1. The third-order valence-electron chi connectivity index (χ3n) is 7.54. The number of nitrogens with zero attached hydrogens (tertiary/aromatic N) is 1. The molecule has 2 N–H and O–H groups in total. The Kier molecular flexibility index (Phi) is 5.40. The fourth-order valence-corrected chi connectivity index (χ4v) is 6.57. The first-order chi connectivity index (χ1) is 13.8. The second kappa shape index (κ2) is 7.71. The van der Waals surface area contributed by atoms with Crippen LogP contribution in [0.5, 0.6) is 0 Å². The van der Waals surface area contributed by atoms with E-state index >= 15 is 0 Å². The number of nitrogens with one attached hydrogen (secondary N) is 2. The lowest BCUT2D eigenvalue weighted by atomic mass is 9.50. The van der Waals surface area contributed by atoms with Crippen molar-refractivity contribution in [2.24, 2.45) is 17.3 Å².